The molecule has 2 nitrogen and oxygen atoms in total. The molecule has 1 rings (SSSR count). The molecule has 0 spiro atoms. The first-order chi connectivity index (χ1) is 7.90. The quantitative estimate of drug-likeness (QED) is 0.815. The normalized spacial score (nSPS) is 12.4. The van der Waals surface area contributed by atoms with Crippen LogP contribution in [0.1, 0.15) is 32.4 Å². The highest BCUT2D eigenvalue weighted by Gasteiger charge is 2.12. The van der Waals surface area contributed by atoms with Crippen molar-refractivity contribution in [2.45, 2.75) is 32.9 Å². The van der Waals surface area contributed by atoms with E-state index < -0.39 is 11.6 Å². The van der Waals surface area contributed by atoms with Crippen LogP contribution in [0.4, 0.5) is 8.78 Å². The maximum atomic E-state index is 13.5. The Morgan fingerprint density at radius 1 is 1.18 bits per heavy atom. The number of hydrogen-bond acceptors (Lipinski definition) is 1. The van der Waals surface area contributed by atoms with E-state index in [4.69, 9.17) is 12.2 Å². The lowest BCUT2D eigenvalue weighted by molar-refractivity contribution is 0.551. The van der Waals surface area contributed by atoms with Gasteiger partial charge in [-0.25, -0.2) is 8.78 Å². The zero-order chi connectivity index (χ0) is 13.0. The molecule has 17 heavy (non-hydrogen) atoms. The number of nitrogens with one attached hydrogen (secondary N) is 2. The zero-order valence-corrected chi connectivity index (χ0v) is 10.9. The van der Waals surface area contributed by atoms with Gasteiger partial charge in [-0.1, -0.05) is 6.07 Å². The van der Waals surface area contributed by atoms with E-state index in [-0.39, 0.29) is 12.1 Å². The van der Waals surface area contributed by atoms with Gasteiger partial charge in [0.2, 0.25) is 0 Å². The summed E-state index contributed by atoms with van der Waals surface area (Å²) in [5.74, 6) is -1.15. The average Bonchev–Trinajstić information content (AvgIpc) is 2.15. The van der Waals surface area contributed by atoms with Crippen molar-refractivity contribution < 1.29 is 8.78 Å². The third-order valence-corrected chi connectivity index (χ3v) is 2.43. The lowest BCUT2D eigenvalue weighted by Crippen LogP contribution is -2.40. The maximum Gasteiger partial charge on any atom is 0.166 e. The Labute approximate surface area is 105 Å². The number of benzene rings is 1. The molecule has 0 unspecified atom stereocenters. The van der Waals surface area contributed by atoms with Crippen molar-refractivity contribution in [1.29, 1.82) is 0 Å². The molecule has 0 radical (unpaired) electrons. The minimum atomic E-state index is -0.582. The van der Waals surface area contributed by atoms with Gasteiger partial charge >= 0.3 is 0 Å². The lowest BCUT2D eigenvalue weighted by Gasteiger charge is -2.19. The second-order valence-electron chi connectivity index (χ2n) is 4.16. The van der Waals surface area contributed by atoms with Crippen LogP contribution in [0, 0.1) is 11.6 Å². The molecule has 0 amide bonds. The number of halogens is 2. The molecule has 0 aliphatic heterocycles. The molecule has 1 aromatic rings. The first-order valence-corrected chi connectivity index (χ1v) is 5.83. The Morgan fingerprint density at radius 3 is 2.35 bits per heavy atom. The van der Waals surface area contributed by atoms with Crippen LogP contribution in [0.25, 0.3) is 0 Å². The minimum Gasteiger partial charge on any atom is -0.361 e. The third kappa shape index (κ3) is 4.26. The molecule has 0 aliphatic carbocycles. The van der Waals surface area contributed by atoms with Gasteiger partial charge in [0.1, 0.15) is 11.6 Å². The van der Waals surface area contributed by atoms with Gasteiger partial charge in [0.05, 0.1) is 6.04 Å². The van der Waals surface area contributed by atoms with E-state index in [9.17, 15) is 8.78 Å². The monoisotopic (exact) mass is 258 g/mol. The minimum absolute atomic E-state index is 0.209. The largest absolute Gasteiger partial charge is 0.361 e. The molecule has 1 atom stereocenters. The Kier molecular flexibility index (Phi) is 4.81. The van der Waals surface area contributed by atoms with Crippen LogP contribution >= 0.6 is 12.2 Å². The molecule has 0 aromatic heterocycles. The lowest BCUT2D eigenvalue weighted by atomic mass is 10.1. The Hall–Kier alpha value is -1.23. The molecule has 0 aliphatic rings. The van der Waals surface area contributed by atoms with Gasteiger partial charge in [-0.05, 0) is 39.1 Å². The number of hydrogen-bond donors (Lipinski definition) is 2. The van der Waals surface area contributed by atoms with Gasteiger partial charge in [-0.2, -0.15) is 0 Å². The first kappa shape index (κ1) is 13.8. The van der Waals surface area contributed by atoms with Crippen LogP contribution in [0.15, 0.2) is 18.2 Å². The van der Waals surface area contributed by atoms with E-state index in [2.05, 4.69) is 10.6 Å². The summed E-state index contributed by atoms with van der Waals surface area (Å²) in [6.07, 6.45) is 0. The van der Waals surface area contributed by atoms with E-state index in [0.29, 0.717) is 10.7 Å². The Morgan fingerprint density at radius 2 is 1.82 bits per heavy atom. The number of thiocarbonyl (C=S) groups is 1. The molecule has 0 saturated carbocycles. The molecule has 0 saturated heterocycles. The molecule has 0 heterocycles. The van der Waals surface area contributed by atoms with E-state index in [1.54, 1.807) is 6.92 Å². The van der Waals surface area contributed by atoms with Crippen molar-refractivity contribution in [2.24, 2.45) is 0 Å². The van der Waals surface area contributed by atoms with Crippen LogP contribution < -0.4 is 10.6 Å². The molecular formula is C12H16F2N2S. The Bertz CT molecular complexity index is 407. The summed E-state index contributed by atoms with van der Waals surface area (Å²) in [6, 6.07) is 3.41. The molecule has 1 aromatic carbocycles. The van der Waals surface area contributed by atoms with E-state index in [1.165, 1.54) is 12.1 Å². The van der Waals surface area contributed by atoms with Crippen molar-refractivity contribution in [1.82, 2.24) is 10.6 Å². The highest BCUT2D eigenvalue weighted by Crippen LogP contribution is 2.17. The van der Waals surface area contributed by atoms with Crippen LogP contribution in [0.3, 0.4) is 0 Å². The summed E-state index contributed by atoms with van der Waals surface area (Å²) in [7, 11) is 0. The van der Waals surface area contributed by atoms with Crippen molar-refractivity contribution in [3.8, 4) is 0 Å². The molecule has 0 fully saturated rings. The highest BCUT2D eigenvalue weighted by atomic mass is 32.1. The van der Waals surface area contributed by atoms with Crippen LogP contribution in [0.5, 0.6) is 0 Å². The first-order valence-electron chi connectivity index (χ1n) is 5.42. The van der Waals surface area contributed by atoms with Gasteiger partial charge in [-0.15, -0.1) is 0 Å². The fourth-order valence-corrected chi connectivity index (χ4v) is 1.84. The maximum absolute atomic E-state index is 13.5. The summed E-state index contributed by atoms with van der Waals surface area (Å²) in [6.45, 7) is 5.68. The molecule has 0 bridgehead atoms. The van der Waals surface area contributed by atoms with Crippen molar-refractivity contribution in [2.75, 3.05) is 0 Å². The second-order valence-corrected chi connectivity index (χ2v) is 4.57. The summed E-state index contributed by atoms with van der Waals surface area (Å²) < 4.78 is 26.2. The number of rotatable bonds is 3. The smallest absolute Gasteiger partial charge is 0.166 e. The summed E-state index contributed by atoms with van der Waals surface area (Å²) in [5.41, 5.74) is 0.388. The van der Waals surface area contributed by atoms with Gasteiger partial charge in [0, 0.05) is 17.7 Å². The van der Waals surface area contributed by atoms with Gasteiger partial charge in [0.25, 0.3) is 0 Å². The summed E-state index contributed by atoms with van der Waals surface area (Å²) in [5, 5.41) is 6.40. The molecule has 2 N–H and O–H groups in total. The topological polar surface area (TPSA) is 24.1 Å². The zero-order valence-electron chi connectivity index (χ0n) is 10.1. The average molecular weight is 258 g/mol. The molecule has 94 valence electrons. The molecular weight excluding hydrogens is 242 g/mol. The van der Waals surface area contributed by atoms with Gasteiger partial charge < -0.3 is 10.6 Å². The Balaban J connectivity index is 2.69. The van der Waals surface area contributed by atoms with E-state index in [1.807, 2.05) is 13.8 Å². The molecule has 5 heteroatoms. The van der Waals surface area contributed by atoms with E-state index in [0.717, 1.165) is 6.07 Å². The fourth-order valence-electron chi connectivity index (χ4n) is 1.43. The van der Waals surface area contributed by atoms with Gasteiger partial charge in [-0.3, -0.25) is 0 Å². The predicted octanol–water partition coefficient (Wildman–Crippen LogP) is 2.90. The third-order valence-electron chi connectivity index (χ3n) is 2.20. The standard InChI is InChI=1S/C12H16F2N2S/c1-7(2)15-12(17)16-8(3)10-5-4-9(13)6-11(10)14/h4-8H,1-3H3,(H2,15,16,17)/t8-/m1/s1. The van der Waals surface area contributed by atoms with Gasteiger partial charge in [0.15, 0.2) is 5.11 Å². The predicted molar refractivity (Wildman–Crippen MR) is 68.8 cm³/mol. The SMILES string of the molecule is CC(C)NC(=S)N[C@H](C)c1ccc(F)cc1F. The highest BCUT2D eigenvalue weighted by molar-refractivity contribution is 7.80. The van der Waals surface area contributed by atoms with Crippen molar-refractivity contribution in [3.05, 3.63) is 35.4 Å². The van der Waals surface area contributed by atoms with Crippen molar-refractivity contribution in [3.63, 3.8) is 0 Å². The van der Waals surface area contributed by atoms with Crippen LogP contribution in [-0.2, 0) is 0 Å². The fraction of sp³-hybridized carbons (Fsp3) is 0.417. The second kappa shape index (κ2) is 5.91. The van der Waals surface area contributed by atoms with Crippen LogP contribution in [0.2, 0.25) is 0 Å². The van der Waals surface area contributed by atoms with E-state index >= 15 is 0 Å². The summed E-state index contributed by atoms with van der Waals surface area (Å²) >= 11 is 5.06. The van der Waals surface area contributed by atoms with Crippen molar-refractivity contribution >= 4 is 17.3 Å². The summed E-state index contributed by atoms with van der Waals surface area (Å²) in [4.78, 5) is 0. The van der Waals surface area contributed by atoms with Crippen LogP contribution in [-0.4, -0.2) is 11.2 Å².